The lowest BCUT2D eigenvalue weighted by Gasteiger charge is -2.38. The second-order valence-electron chi connectivity index (χ2n) is 4.81. The number of hydrogen-bond acceptors (Lipinski definition) is 3. The molecule has 0 spiro atoms. The van der Waals surface area contributed by atoms with Crippen molar-refractivity contribution >= 4 is 11.9 Å². The Bertz CT molecular complexity index is 455. The van der Waals surface area contributed by atoms with Gasteiger partial charge in [0.15, 0.2) is 5.76 Å². The van der Waals surface area contributed by atoms with Crippen molar-refractivity contribution in [3.63, 3.8) is 0 Å². The number of carbonyl (C=O) groups is 2. The fourth-order valence-electron chi connectivity index (χ4n) is 2.52. The van der Waals surface area contributed by atoms with Crippen molar-refractivity contribution in [1.29, 1.82) is 0 Å². The Morgan fingerprint density at radius 3 is 2.28 bits per heavy atom. The van der Waals surface area contributed by atoms with Gasteiger partial charge in [-0.2, -0.15) is 0 Å². The average Bonchev–Trinajstić information content (AvgIpc) is 2.77. The van der Waals surface area contributed by atoms with E-state index in [4.69, 9.17) is 9.52 Å². The van der Waals surface area contributed by atoms with Crippen molar-refractivity contribution in [2.24, 2.45) is 0 Å². The van der Waals surface area contributed by atoms with Gasteiger partial charge in [-0.25, -0.2) is 4.79 Å². The van der Waals surface area contributed by atoms with E-state index < -0.39 is 5.97 Å². The molecule has 0 bridgehead atoms. The maximum absolute atomic E-state index is 12.3. The highest BCUT2D eigenvalue weighted by Crippen LogP contribution is 2.25. The first-order chi connectivity index (χ1) is 8.50. The van der Waals surface area contributed by atoms with Gasteiger partial charge in [0.05, 0.1) is 0 Å². The van der Waals surface area contributed by atoms with E-state index in [9.17, 15) is 9.59 Å². The summed E-state index contributed by atoms with van der Waals surface area (Å²) >= 11 is 0. The number of likely N-dealkylation sites (tertiary alicyclic amines) is 1. The normalized spacial score (nSPS) is 24.0. The van der Waals surface area contributed by atoms with Crippen LogP contribution in [0.25, 0.3) is 0 Å². The maximum atomic E-state index is 12.3. The number of piperidine rings is 1. The quantitative estimate of drug-likeness (QED) is 0.876. The third kappa shape index (κ3) is 2.25. The van der Waals surface area contributed by atoms with E-state index in [2.05, 4.69) is 0 Å². The number of carboxylic acids is 1. The minimum atomic E-state index is -1.16. The zero-order valence-electron chi connectivity index (χ0n) is 10.5. The molecule has 1 aliphatic rings. The molecule has 2 heterocycles. The van der Waals surface area contributed by atoms with Crippen LogP contribution < -0.4 is 0 Å². The molecular formula is C13H17NO4. The Labute approximate surface area is 105 Å². The summed E-state index contributed by atoms with van der Waals surface area (Å²) in [6.07, 6.45) is 3.07. The van der Waals surface area contributed by atoms with Crippen LogP contribution in [0, 0.1) is 0 Å². The summed E-state index contributed by atoms with van der Waals surface area (Å²) in [5.74, 6) is -1.47. The summed E-state index contributed by atoms with van der Waals surface area (Å²) < 4.78 is 5.07. The van der Waals surface area contributed by atoms with Crippen LogP contribution >= 0.6 is 0 Å². The molecule has 1 aromatic rings. The van der Waals surface area contributed by atoms with Crippen molar-refractivity contribution in [3.8, 4) is 0 Å². The minimum Gasteiger partial charge on any atom is -0.475 e. The Morgan fingerprint density at radius 2 is 1.78 bits per heavy atom. The van der Waals surface area contributed by atoms with Crippen LogP contribution in [-0.2, 0) is 0 Å². The number of furan rings is 1. The van der Waals surface area contributed by atoms with Gasteiger partial charge in [0, 0.05) is 12.1 Å². The van der Waals surface area contributed by atoms with Crippen LogP contribution in [0.1, 0.15) is 54.2 Å². The number of rotatable bonds is 2. The predicted molar refractivity (Wildman–Crippen MR) is 64.6 cm³/mol. The molecule has 1 aliphatic heterocycles. The molecule has 0 aliphatic carbocycles. The number of amides is 1. The molecule has 2 atom stereocenters. The largest absolute Gasteiger partial charge is 0.475 e. The molecule has 2 rings (SSSR count). The van der Waals surface area contributed by atoms with Gasteiger partial charge in [-0.15, -0.1) is 0 Å². The van der Waals surface area contributed by atoms with Gasteiger partial charge in [0.25, 0.3) is 5.91 Å². The second kappa shape index (κ2) is 4.84. The Hall–Kier alpha value is -1.78. The van der Waals surface area contributed by atoms with E-state index in [0.29, 0.717) is 0 Å². The molecule has 5 heteroatoms. The molecule has 0 saturated carbocycles. The van der Waals surface area contributed by atoms with Gasteiger partial charge in [-0.3, -0.25) is 4.79 Å². The summed E-state index contributed by atoms with van der Waals surface area (Å²) in [6, 6.07) is 3.08. The van der Waals surface area contributed by atoms with Gasteiger partial charge in [0.1, 0.15) is 0 Å². The number of hydrogen-bond donors (Lipinski definition) is 1. The fourth-order valence-corrected chi connectivity index (χ4v) is 2.52. The third-order valence-electron chi connectivity index (χ3n) is 3.46. The average molecular weight is 251 g/mol. The summed E-state index contributed by atoms with van der Waals surface area (Å²) in [5, 5.41) is 8.78. The van der Waals surface area contributed by atoms with Crippen molar-refractivity contribution < 1.29 is 19.1 Å². The van der Waals surface area contributed by atoms with Gasteiger partial charge < -0.3 is 14.4 Å². The first-order valence-electron chi connectivity index (χ1n) is 6.16. The van der Waals surface area contributed by atoms with Crippen LogP contribution in [0.4, 0.5) is 0 Å². The van der Waals surface area contributed by atoms with E-state index in [1.165, 1.54) is 12.1 Å². The highest BCUT2D eigenvalue weighted by atomic mass is 16.4. The topological polar surface area (TPSA) is 70.8 Å². The van der Waals surface area contributed by atoms with Crippen LogP contribution in [0.15, 0.2) is 16.5 Å². The molecule has 5 nitrogen and oxygen atoms in total. The van der Waals surface area contributed by atoms with E-state index in [0.717, 1.165) is 19.3 Å². The first kappa shape index (κ1) is 12.7. The third-order valence-corrected chi connectivity index (χ3v) is 3.46. The second-order valence-corrected chi connectivity index (χ2v) is 4.81. The molecule has 1 fully saturated rings. The van der Waals surface area contributed by atoms with E-state index in [1.807, 2.05) is 13.8 Å². The van der Waals surface area contributed by atoms with Crippen molar-refractivity contribution in [2.75, 3.05) is 0 Å². The molecule has 1 amide bonds. The van der Waals surface area contributed by atoms with Crippen LogP contribution in [0.5, 0.6) is 0 Å². The lowest BCUT2D eigenvalue weighted by atomic mass is 9.97. The number of carboxylic acid groups (broad SMARTS) is 1. The monoisotopic (exact) mass is 251 g/mol. The molecule has 0 aromatic carbocycles. The van der Waals surface area contributed by atoms with Crippen LogP contribution in [0.3, 0.4) is 0 Å². The van der Waals surface area contributed by atoms with Crippen LogP contribution in [-0.4, -0.2) is 34.0 Å². The van der Waals surface area contributed by atoms with E-state index >= 15 is 0 Å². The molecule has 0 radical (unpaired) electrons. The molecule has 1 aromatic heterocycles. The van der Waals surface area contributed by atoms with E-state index in [1.54, 1.807) is 4.90 Å². The summed E-state index contributed by atoms with van der Waals surface area (Å²) in [4.78, 5) is 24.8. The molecule has 98 valence electrons. The first-order valence-corrected chi connectivity index (χ1v) is 6.16. The molecule has 18 heavy (non-hydrogen) atoms. The Morgan fingerprint density at radius 1 is 1.22 bits per heavy atom. The van der Waals surface area contributed by atoms with Crippen molar-refractivity contribution in [3.05, 3.63) is 23.7 Å². The summed E-state index contributed by atoms with van der Waals surface area (Å²) in [5.41, 5.74) is 0. The zero-order valence-corrected chi connectivity index (χ0v) is 10.5. The highest BCUT2D eigenvalue weighted by molar-refractivity contribution is 5.94. The standard InChI is InChI=1S/C13H17NO4/c1-8-4-3-5-9(2)14(8)12(15)10-6-7-11(18-10)13(16)17/h6-9H,3-5H2,1-2H3,(H,16,17)/t8-,9+. The fraction of sp³-hybridized carbons (Fsp3) is 0.538. The molecule has 1 saturated heterocycles. The van der Waals surface area contributed by atoms with Gasteiger partial charge in [-0.1, -0.05) is 0 Å². The van der Waals surface area contributed by atoms with Crippen molar-refractivity contribution in [1.82, 2.24) is 4.90 Å². The van der Waals surface area contributed by atoms with Crippen molar-refractivity contribution in [2.45, 2.75) is 45.2 Å². The van der Waals surface area contributed by atoms with Gasteiger partial charge in [0.2, 0.25) is 5.76 Å². The highest BCUT2D eigenvalue weighted by Gasteiger charge is 2.31. The molecule has 1 N–H and O–H groups in total. The molecular weight excluding hydrogens is 234 g/mol. The zero-order chi connectivity index (χ0) is 13.3. The predicted octanol–water partition coefficient (Wildman–Crippen LogP) is 2.38. The lowest BCUT2D eigenvalue weighted by molar-refractivity contribution is 0.0473. The minimum absolute atomic E-state index is 0.105. The number of aromatic carboxylic acids is 1. The number of carbonyl (C=O) groups excluding carboxylic acids is 1. The number of nitrogens with zero attached hydrogens (tertiary/aromatic N) is 1. The van der Waals surface area contributed by atoms with E-state index in [-0.39, 0.29) is 29.5 Å². The Balaban J connectivity index is 2.21. The van der Waals surface area contributed by atoms with Gasteiger partial charge in [-0.05, 0) is 45.2 Å². The van der Waals surface area contributed by atoms with Gasteiger partial charge >= 0.3 is 5.97 Å². The smallest absolute Gasteiger partial charge is 0.371 e. The Kier molecular flexibility index (Phi) is 3.41. The van der Waals surface area contributed by atoms with Crippen LogP contribution in [0.2, 0.25) is 0 Å². The summed E-state index contributed by atoms with van der Waals surface area (Å²) in [7, 11) is 0. The lowest BCUT2D eigenvalue weighted by Crippen LogP contribution is -2.47. The maximum Gasteiger partial charge on any atom is 0.371 e. The SMILES string of the molecule is C[C@@H]1CCC[C@H](C)N1C(=O)c1ccc(C(=O)O)o1. The summed E-state index contributed by atoms with van der Waals surface area (Å²) in [6.45, 7) is 4.02. The molecule has 0 unspecified atom stereocenters.